The molecule has 2 saturated carbocycles. The molecule has 6 aliphatic rings. The van der Waals surface area contributed by atoms with E-state index in [9.17, 15) is 24.0 Å². The predicted octanol–water partition coefficient (Wildman–Crippen LogP) is 4.27. The fraction of sp³-hybridized carbons (Fsp3) is 0.531. The van der Waals surface area contributed by atoms with Gasteiger partial charge in [0.1, 0.15) is 40.3 Å². The van der Waals surface area contributed by atoms with Gasteiger partial charge in [-0.2, -0.15) is 0 Å². The molecule has 69 heavy (non-hydrogen) atoms. The first kappa shape index (κ1) is 47.2. The van der Waals surface area contributed by atoms with E-state index in [1.54, 1.807) is 17.0 Å². The molecular weight excluding hydrogens is 881 g/mol. The number of piperidine rings is 2. The lowest BCUT2D eigenvalue weighted by atomic mass is 10.0. The van der Waals surface area contributed by atoms with Crippen molar-refractivity contribution in [3.63, 3.8) is 0 Å². The quantitative estimate of drug-likeness (QED) is 0.149. The Labute approximate surface area is 400 Å². The number of nitrogens with zero attached hydrogens (tertiary/aromatic N) is 9. The van der Waals surface area contributed by atoms with Gasteiger partial charge in [-0.05, 0) is 115 Å². The Hall–Kier alpha value is -6.83. The zero-order chi connectivity index (χ0) is 48.4. The summed E-state index contributed by atoms with van der Waals surface area (Å²) in [5, 5.41) is 10.3. The van der Waals surface area contributed by atoms with Crippen LogP contribution in [0.25, 0.3) is 33.2 Å². The van der Waals surface area contributed by atoms with Gasteiger partial charge in [-0.25, -0.2) is 34.7 Å². The van der Waals surface area contributed by atoms with E-state index in [2.05, 4.69) is 35.9 Å². The standard InChI is InChI=1S/C27H35N7O4.C22H27N7O2/c1-27(2,3)38-26(37)34-10-4-5-18(14-34)31-24-22-21(29-15-30-24)19(23(28)35)13-20(32-22)16-8-11-33(12-9-16)25(36)17-6-7-17;23-20(30)16-10-17(13-5-8-29(9-6-13)22(31)14-3-4-14)28-19-18(16)25-12-26-21(19)27-15-2-1-7-24-11-15/h8,13,15,17-18H,4-7,9-12,14H2,1-3H3,(H2,28,35)(H,29,30,31);5,10,12,14-15,24H,1-4,6-9,11H2,(H2,23,30)(H,25,26,27)/t18-;15-/m00/s1. The van der Waals surface area contributed by atoms with Gasteiger partial charge in [-0.15, -0.1) is 0 Å². The van der Waals surface area contributed by atoms with Crippen LogP contribution in [0.3, 0.4) is 0 Å². The second kappa shape index (κ2) is 20.0. The average molecular weight is 943 g/mol. The van der Waals surface area contributed by atoms with Gasteiger partial charge in [0, 0.05) is 69.7 Å². The maximum absolute atomic E-state index is 12.6. The highest BCUT2D eigenvalue weighted by Gasteiger charge is 2.36. The van der Waals surface area contributed by atoms with Crippen LogP contribution in [-0.2, 0) is 14.3 Å². The second-order valence-electron chi connectivity index (χ2n) is 19.9. The number of amides is 5. The van der Waals surface area contributed by atoms with E-state index in [-0.39, 0.29) is 47.4 Å². The number of ether oxygens (including phenoxy) is 1. The van der Waals surface area contributed by atoms with Crippen molar-refractivity contribution < 1.29 is 28.7 Å². The zero-order valence-electron chi connectivity index (χ0n) is 39.6. The molecule has 7 N–H and O–H groups in total. The highest BCUT2D eigenvalue weighted by molar-refractivity contribution is 6.07. The lowest BCUT2D eigenvalue weighted by Crippen LogP contribution is -2.47. The lowest BCUT2D eigenvalue weighted by molar-refractivity contribution is -0.132. The molecule has 2 saturated heterocycles. The zero-order valence-corrected chi connectivity index (χ0v) is 39.6. The van der Waals surface area contributed by atoms with Gasteiger partial charge < -0.3 is 46.9 Å². The van der Waals surface area contributed by atoms with Crippen molar-refractivity contribution in [2.24, 2.45) is 23.3 Å². The number of carbonyl (C=O) groups excluding carboxylic acids is 5. The molecule has 364 valence electrons. The summed E-state index contributed by atoms with van der Waals surface area (Å²) in [6.45, 7) is 10.9. The van der Waals surface area contributed by atoms with Crippen molar-refractivity contribution in [3.8, 4) is 0 Å². The molecule has 20 heteroatoms. The third-order valence-electron chi connectivity index (χ3n) is 13.3. The number of rotatable bonds is 10. The van der Waals surface area contributed by atoms with Crippen molar-refractivity contribution >= 4 is 74.6 Å². The number of anilines is 2. The molecule has 4 aliphatic heterocycles. The number of nitrogens with one attached hydrogen (secondary N) is 3. The molecule has 2 atom stereocenters. The molecule has 4 aromatic heterocycles. The van der Waals surface area contributed by atoms with Crippen LogP contribution in [0.5, 0.6) is 0 Å². The molecular formula is C49H62N14O6. The van der Waals surface area contributed by atoms with E-state index in [1.165, 1.54) is 12.7 Å². The third-order valence-corrected chi connectivity index (χ3v) is 13.3. The SMILES string of the molecule is CC(C)(C)OC(=O)N1CCC[C@H](Nc2ncnc3c(C(N)=O)cc(C4=CCN(C(=O)C5CC5)CC4)nc23)C1.NC(=O)c1cc(C2=CCN(C(=O)C3CC3)CC2)nc2c(N[C@H]3CCCNC3)ncnc12. The molecule has 4 aromatic rings. The molecule has 4 fully saturated rings. The van der Waals surface area contributed by atoms with Gasteiger partial charge in [0.2, 0.25) is 11.8 Å². The van der Waals surface area contributed by atoms with E-state index < -0.39 is 17.4 Å². The molecule has 10 rings (SSSR count). The lowest BCUT2D eigenvalue weighted by Gasteiger charge is -2.34. The molecule has 5 amide bonds. The summed E-state index contributed by atoms with van der Waals surface area (Å²) >= 11 is 0. The van der Waals surface area contributed by atoms with Gasteiger partial charge >= 0.3 is 6.09 Å². The minimum Gasteiger partial charge on any atom is -0.444 e. The van der Waals surface area contributed by atoms with Gasteiger partial charge in [-0.1, -0.05) is 12.2 Å². The summed E-state index contributed by atoms with van der Waals surface area (Å²) in [5.41, 5.74) is 16.6. The average Bonchev–Trinajstić information content (AvgIpc) is 4.29. The van der Waals surface area contributed by atoms with Crippen LogP contribution in [0.2, 0.25) is 0 Å². The number of carbonyl (C=O) groups is 5. The third kappa shape index (κ3) is 11.2. The van der Waals surface area contributed by atoms with E-state index in [0.717, 1.165) is 75.6 Å². The van der Waals surface area contributed by atoms with Crippen molar-refractivity contribution in [3.05, 3.63) is 59.5 Å². The summed E-state index contributed by atoms with van der Waals surface area (Å²) in [4.78, 5) is 94.7. The van der Waals surface area contributed by atoms with Crippen LogP contribution in [-0.4, -0.2) is 144 Å². The van der Waals surface area contributed by atoms with Crippen molar-refractivity contribution in [2.45, 2.75) is 103 Å². The second-order valence-corrected chi connectivity index (χ2v) is 19.9. The number of hydrogen-bond acceptors (Lipinski definition) is 15. The van der Waals surface area contributed by atoms with Gasteiger partial charge in [0.25, 0.3) is 11.8 Å². The van der Waals surface area contributed by atoms with E-state index in [1.807, 2.05) is 42.7 Å². The number of fused-ring (bicyclic) bond motifs is 2. The first-order valence-electron chi connectivity index (χ1n) is 24.3. The largest absolute Gasteiger partial charge is 0.444 e. The summed E-state index contributed by atoms with van der Waals surface area (Å²) in [6.07, 6.45) is 15.6. The van der Waals surface area contributed by atoms with Crippen molar-refractivity contribution in [1.82, 2.24) is 49.9 Å². The van der Waals surface area contributed by atoms with Crippen molar-refractivity contribution in [1.29, 1.82) is 0 Å². The van der Waals surface area contributed by atoms with Crippen molar-refractivity contribution in [2.75, 3.05) is 63.0 Å². The van der Waals surface area contributed by atoms with Crippen LogP contribution >= 0.6 is 0 Å². The molecule has 8 heterocycles. The Bertz CT molecular complexity index is 2720. The van der Waals surface area contributed by atoms with E-state index in [4.69, 9.17) is 26.2 Å². The molecule has 20 nitrogen and oxygen atoms in total. The van der Waals surface area contributed by atoms with E-state index >= 15 is 0 Å². The number of nitrogens with two attached hydrogens (primary N) is 2. The minimum absolute atomic E-state index is 0.0762. The number of aromatic nitrogens is 6. The molecule has 0 aromatic carbocycles. The molecule has 0 bridgehead atoms. The Kier molecular flexibility index (Phi) is 13.7. The highest BCUT2D eigenvalue weighted by Crippen LogP contribution is 2.35. The summed E-state index contributed by atoms with van der Waals surface area (Å²) in [6, 6.07) is 3.56. The number of hydrogen-bond donors (Lipinski definition) is 5. The van der Waals surface area contributed by atoms with Gasteiger partial charge in [-0.3, -0.25) is 19.2 Å². The Morgan fingerprint density at radius 2 is 1.16 bits per heavy atom. The topological polar surface area (TPSA) is 270 Å². The number of likely N-dealkylation sites (tertiary alicyclic amines) is 1. The van der Waals surface area contributed by atoms with Crippen LogP contribution in [0, 0.1) is 11.8 Å². The highest BCUT2D eigenvalue weighted by atomic mass is 16.6. The Morgan fingerprint density at radius 1 is 0.652 bits per heavy atom. The Balaban J connectivity index is 0.000000175. The maximum Gasteiger partial charge on any atom is 0.410 e. The summed E-state index contributed by atoms with van der Waals surface area (Å²) in [7, 11) is 0. The normalized spacial score (nSPS) is 20.8. The molecule has 0 radical (unpaired) electrons. The van der Waals surface area contributed by atoms with Crippen LogP contribution in [0.15, 0.2) is 36.9 Å². The predicted molar refractivity (Wildman–Crippen MR) is 259 cm³/mol. The maximum atomic E-state index is 12.6. The van der Waals surface area contributed by atoms with Gasteiger partial charge in [0.15, 0.2) is 11.6 Å². The summed E-state index contributed by atoms with van der Waals surface area (Å²) < 4.78 is 5.55. The fourth-order valence-electron chi connectivity index (χ4n) is 9.32. The minimum atomic E-state index is -0.598. The van der Waals surface area contributed by atoms with Gasteiger partial charge in [0.05, 0.1) is 22.5 Å². The van der Waals surface area contributed by atoms with Crippen LogP contribution < -0.4 is 27.4 Å². The van der Waals surface area contributed by atoms with Crippen LogP contribution in [0.1, 0.15) is 117 Å². The molecule has 0 spiro atoms. The monoisotopic (exact) mass is 942 g/mol. The number of pyridine rings is 2. The fourth-order valence-corrected chi connectivity index (χ4v) is 9.32. The molecule has 0 unspecified atom stereocenters. The smallest absolute Gasteiger partial charge is 0.410 e. The first-order chi connectivity index (χ1) is 33.2. The Morgan fingerprint density at radius 3 is 1.59 bits per heavy atom. The number of primary amides is 2. The molecule has 2 aliphatic carbocycles. The first-order valence-corrected chi connectivity index (χ1v) is 24.3. The van der Waals surface area contributed by atoms with Crippen LogP contribution in [0.4, 0.5) is 16.4 Å². The summed E-state index contributed by atoms with van der Waals surface area (Å²) in [5.74, 6) is 0.830. The van der Waals surface area contributed by atoms with E-state index in [0.29, 0.717) is 103 Å².